The number of rotatable bonds is 3. The molecule has 0 aromatic heterocycles. The third-order valence-electron chi connectivity index (χ3n) is 5.10. The predicted octanol–water partition coefficient (Wildman–Crippen LogP) is 3.64. The number of amides is 1. The van der Waals surface area contributed by atoms with Crippen LogP contribution in [0.15, 0.2) is 18.2 Å². The molecule has 0 spiro atoms. The van der Waals surface area contributed by atoms with Crippen LogP contribution in [0.1, 0.15) is 63.6 Å². The van der Waals surface area contributed by atoms with E-state index in [0.29, 0.717) is 6.04 Å². The normalized spacial score (nSPS) is 23.4. The van der Waals surface area contributed by atoms with Gasteiger partial charge in [0, 0.05) is 30.9 Å². The fraction of sp³-hybridized carbons (Fsp3) is 0.650. The number of anilines is 1. The zero-order valence-electron chi connectivity index (χ0n) is 15.7. The van der Waals surface area contributed by atoms with Crippen LogP contribution in [-0.4, -0.2) is 35.7 Å². The number of nitrogens with one attached hydrogen (secondary N) is 1. The maximum absolute atomic E-state index is 12.5. The maximum Gasteiger partial charge on any atom is 0.410 e. The molecule has 2 unspecified atom stereocenters. The maximum atomic E-state index is 12.5. The van der Waals surface area contributed by atoms with Crippen molar-refractivity contribution in [1.82, 2.24) is 10.2 Å². The van der Waals surface area contributed by atoms with Gasteiger partial charge in [-0.2, -0.15) is 0 Å². The fourth-order valence-corrected chi connectivity index (χ4v) is 3.90. The first-order chi connectivity index (χ1) is 11.8. The summed E-state index contributed by atoms with van der Waals surface area (Å²) in [6, 6.07) is 6.78. The molecule has 1 aromatic carbocycles. The molecule has 1 aliphatic heterocycles. The summed E-state index contributed by atoms with van der Waals surface area (Å²) in [4.78, 5) is 14.4. The topological polar surface area (TPSA) is 67.6 Å². The van der Waals surface area contributed by atoms with E-state index in [1.807, 2.05) is 31.7 Å². The van der Waals surface area contributed by atoms with Crippen molar-refractivity contribution in [3.8, 4) is 0 Å². The van der Waals surface area contributed by atoms with Crippen LogP contribution in [-0.2, 0) is 11.2 Å². The van der Waals surface area contributed by atoms with E-state index in [9.17, 15) is 4.79 Å². The van der Waals surface area contributed by atoms with E-state index in [-0.39, 0.29) is 12.1 Å². The van der Waals surface area contributed by atoms with Crippen molar-refractivity contribution in [3.63, 3.8) is 0 Å². The first kappa shape index (κ1) is 18.1. The number of hydrogen-bond donors (Lipinski definition) is 2. The summed E-state index contributed by atoms with van der Waals surface area (Å²) < 4.78 is 5.59. The van der Waals surface area contributed by atoms with Crippen molar-refractivity contribution in [2.45, 2.75) is 70.6 Å². The van der Waals surface area contributed by atoms with Crippen molar-refractivity contribution >= 4 is 11.8 Å². The van der Waals surface area contributed by atoms with Crippen molar-refractivity contribution in [3.05, 3.63) is 29.3 Å². The summed E-state index contributed by atoms with van der Waals surface area (Å²) in [5.74, 6) is 0. The molecule has 2 atom stereocenters. The smallest absolute Gasteiger partial charge is 0.410 e. The Kier molecular flexibility index (Phi) is 5.23. The zero-order chi connectivity index (χ0) is 18.0. The van der Waals surface area contributed by atoms with Gasteiger partial charge in [-0.1, -0.05) is 6.07 Å². The standard InChI is InChI=1S/C20H31N3O2/c1-20(2,3)25-19(24)23-11-5-4-6-16(23)13-22-18-10-7-14-12-15(21)8-9-17(14)18/h8-9,12,16,18,22H,4-7,10-11,13,21H2,1-3H3. The van der Waals surface area contributed by atoms with Crippen molar-refractivity contribution in [1.29, 1.82) is 0 Å². The van der Waals surface area contributed by atoms with Crippen LogP contribution in [0.2, 0.25) is 0 Å². The molecule has 1 amide bonds. The Morgan fingerprint density at radius 3 is 2.88 bits per heavy atom. The second kappa shape index (κ2) is 7.24. The van der Waals surface area contributed by atoms with Crippen LogP contribution in [0.5, 0.6) is 0 Å². The number of ether oxygens (including phenoxy) is 1. The molecule has 1 saturated heterocycles. The van der Waals surface area contributed by atoms with E-state index in [4.69, 9.17) is 10.5 Å². The molecule has 3 rings (SSSR count). The monoisotopic (exact) mass is 345 g/mol. The molecule has 1 fully saturated rings. The molecule has 3 N–H and O–H groups in total. The van der Waals surface area contributed by atoms with Gasteiger partial charge in [0.05, 0.1) is 0 Å². The number of carbonyl (C=O) groups excluding carboxylic acids is 1. The first-order valence-corrected chi connectivity index (χ1v) is 9.45. The Bertz CT molecular complexity index is 624. The van der Waals surface area contributed by atoms with Gasteiger partial charge in [0.1, 0.15) is 5.60 Å². The molecule has 1 aromatic rings. The highest BCUT2D eigenvalue weighted by atomic mass is 16.6. The minimum atomic E-state index is -0.448. The molecule has 0 saturated carbocycles. The van der Waals surface area contributed by atoms with Gasteiger partial charge in [0.15, 0.2) is 0 Å². The lowest BCUT2D eigenvalue weighted by molar-refractivity contribution is 0.00966. The van der Waals surface area contributed by atoms with E-state index in [1.165, 1.54) is 17.5 Å². The number of likely N-dealkylation sites (tertiary alicyclic amines) is 1. The number of nitrogen functional groups attached to an aromatic ring is 1. The second-order valence-electron chi connectivity index (χ2n) is 8.28. The predicted molar refractivity (Wildman–Crippen MR) is 100 cm³/mol. The summed E-state index contributed by atoms with van der Waals surface area (Å²) >= 11 is 0. The summed E-state index contributed by atoms with van der Waals surface area (Å²) in [5, 5.41) is 3.68. The molecule has 1 heterocycles. The third kappa shape index (κ3) is 4.46. The summed E-state index contributed by atoms with van der Waals surface area (Å²) in [7, 11) is 0. The molecule has 5 nitrogen and oxygen atoms in total. The number of hydrogen-bond acceptors (Lipinski definition) is 4. The molecular formula is C20H31N3O2. The molecule has 0 bridgehead atoms. The lowest BCUT2D eigenvalue weighted by atomic mass is 10.0. The SMILES string of the molecule is CC(C)(C)OC(=O)N1CCCCC1CNC1CCc2cc(N)ccc21. The van der Waals surface area contributed by atoms with E-state index in [2.05, 4.69) is 17.4 Å². The number of aryl methyl sites for hydroxylation is 1. The van der Waals surface area contributed by atoms with Gasteiger partial charge in [-0.3, -0.25) is 0 Å². The van der Waals surface area contributed by atoms with Gasteiger partial charge < -0.3 is 20.7 Å². The van der Waals surface area contributed by atoms with Crippen LogP contribution < -0.4 is 11.1 Å². The highest BCUT2D eigenvalue weighted by molar-refractivity contribution is 5.68. The number of benzene rings is 1. The van der Waals surface area contributed by atoms with Crippen LogP contribution in [0.3, 0.4) is 0 Å². The molecule has 25 heavy (non-hydrogen) atoms. The van der Waals surface area contributed by atoms with Gasteiger partial charge in [-0.05, 0) is 76.1 Å². The average Bonchev–Trinajstić information content (AvgIpc) is 2.93. The van der Waals surface area contributed by atoms with Crippen LogP contribution in [0, 0.1) is 0 Å². The minimum absolute atomic E-state index is 0.182. The lowest BCUT2D eigenvalue weighted by Crippen LogP contribution is -2.50. The minimum Gasteiger partial charge on any atom is -0.444 e. The highest BCUT2D eigenvalue weighted by Gasteiger charge is 2.31. The van der Waals surface area contributed by atoms with E-state index < -0.39 is 5.60 Å². The fourth-order valence-electron chi connectivity index (χ4n) is 3.90. The quantitative estimate of drug-likeness (QED) is 0.821. The van der Waals surface area contributed by atoms with Gasteiger partial charge in [0.25, 0.3) is 0 Å². The van der Waals surface area contributed by atoms with E-state index in [0.717, 1.165) is 44.5 Å². The van der Waals surface area contributed by atoms with Gasteiger partial charge in [-0.15, -0.1) is 0 Å². The molecule has 5 heteroatoms. The van der Waals surface area contributed by atoms with Crippen molar-refractivity contribution in [2.75, 3.05) is 18.8 Å². The first-order valence-electron chi connectivity index (χ1n) is 9.45. The lowest BCUT2D eigenvalue weighted by Gasteiger charge is -2.37. The summed E-state index contributed by atoms with van der Waals surface area (Å²) in [6.07, 6.45) is 5.24. The van der Waals surface area contributed by atoms with Crippen LogP contribution in [0.4, 0.5) is 10.5 Å². The Morgan fingerprint density at radius 2 is 2.12 bits per heavy atom. The van der Waals surface area contributed by atoms with E-state index >= 15 is 0 Å². The van der Waals surface area contributed by atoms with Crippen LogP contribution >= 0.6 is 0 Å². The Morgan fingerprint density at radius 1 is 1.32 bits per heavy atom. The van der Waals surface area contributed by atoms with Crippen molar-refractivity contribution in [2.24, 2.45) is 0 Å². The largest absolute Gasteiger partial charge is 0.444 e. The van der Waals surface area contributed by atoms with Crippen LogP contribution in [0.25, 0.3) is 0 Å². The molecule has 138 valence electrons. The van der Waals surface area contributed by atoms with E-state index in [1.54, 1.807) is 0 Å². The molecule has 1 aliphatic carbocycles. The number of carbonyl (C=O) groups is 1. The van der Waals surface area contributed by atoms with Gasteiger partial charge >= 0.3 is 6.09 Å². The molecule has 0 radical (unpaired) electrons. The van der Waals surface area contributed by atoms with Gasteiger partial charge in [0.2, 0.25) is 0 Å². The van der Waals surface area contributed by atoms with Gasteiger partial charge in [-0.25, -0.2) is 4.79 Å². The number of nitrogens with zero attached hydrogens (tertiary/aromatic N) is 1. The number of piperidine rings is 1. The average molecular weight is 345 g/mol. The third-order valence-corrected chi connectivity index (χ3v) is 5.10. The molecular weight excluding hydrogens is 314 g/mol. The Balaban J connectivity index is 1.61. The summed E-state index contributed by atoms with van der Waals surface area (Å²) in [6.45, 7) is 7.36. The number of nitrogens with two attached hydrogens (primary N) is 1. The number of fused-ring (bicyclic) bond motifs is 1. The highest BCUT2D eigenvalue weighted by Crippen LogP contribution is 2.32. The second-order valence-corrected chi connectivity index (χ2v) is 8.28. The van der Waals surface area contributed by atoms with Crippen molar-refractivity contribution < 1.29 is 9.53 Å². The Labute approximate surface area is 150 Å². The summed E-state index contributed by atoms with van der Waals surface area (Å²) in [5.41, 5.74) is 8.99. The molecule has 2 aliphatic rings. The Hall–Kier alpha value is -1.75. The zero-order valence-corrected chi connectivity index (χ0v) is 15.7.